The van der Waals surface area contributed by atoms with Gasteiger partial charge in [0.25, 0.3) is 5.91 Å². The summed E-state index contributed by atoms with van der Waals surface area (Å²) < 4.78 is 0. The Balaban J connectivity index is 3.29. The van der Waals surface area contributed by atoms with Gasteiger partial charge < -0.3 is 5.11 Å². The van der Waals surface area contributed by atoms with Gasteiger partial charge in [0.15, 0.2) is 0 Å². The highest BCUT2D eigenvalue weighted by molar-refractivity contribution is 5.96. The summed E-state index contributed by atoms with van der Waals surface area (Å²) in [6, 6.07) is 3.31. The first kappa shape index (κ1) is 11.5. The van der Waals surface area contributed by atoms with Crippen LogP contribution < -0.4 is 5.48 Å². The Kier molecular flexibility index (Phi) is 3.68. The van der Waals surface area contributed by atoms with Crippen molar-refractivity contribution >= 4 is 5.91 Å². The maximum atomic E-state index is 11.2. The predicted octanol–water partition coefficient (Wildman–Crippen LogP) is 1.64. The van der Waals surface area contributed by atoms with Crippen molar-refractivity contribution in [3.63, 3.8) is 0 Å². The molecule has 0 radical (unpaired) electrons. The van der Waals surface area contributed by atoms with Crippen LogP contribution in [-0.2, 0) is 12.8 Å². The number of carbonyl (C=O) groups excluding carboxylic acids is 1. The Bertz CT molecular complexity index is 374. The van der Waals surface area contributed by atoms with Gasteiger partial charge in [-0.05, 0) is 30.0 Å². The van der Waals surface area contributed by atoms with Crippen LogP contribution in [0.3, 0.4) is 0 Å². The van der Waals surface area contributed by atoms with E-state index in [9.17, 15) is 9.90 Å². The number of hydroxylamine groups is 1. The lowest BCUT2D eigenvalue weighted by atomic mass is 9.98. The van der Waals surface area contributed by atoms with Crippen molar-refractivity contribution in [1.29, 1.82) is 0 Å². The Labute approximate surface area is 88.5 Å². The third-order valence-electron chi connectivity index (χ3n) is 2.46. The summed E-state index contributed by atoms with van der Waals surface area (Å²) in [6.07, 6.45) is 1.46. The van der Waals surface area contributed by atoms with E-state index < -0.39 is 5.91 Å². The molecule has 0 unspecified atom stereocenters. The van der Waals surface area contributed by atoms with Crippen molar-refractivity contribution in [3.8, 4) is 5.75 Å². The van der Waals surface area contributed by atoms with Crippen molar-refractivity contribution in [2.45, 2.75) is 26.7 Å². The maximum absolute atomic E-state index is 11.2. The normalized spacial score (nSPS) is 10.1. The summed E-state index contributed by atoms with van der Waals surface area (Å²) in [5, 5.41) is 18.3. The van der Waals surface area contributed by atoms with Gasteiger partial charge in [0.1, 0.15) is 5.75 Å². The number of nitrogens with one attached hydrogen (secondary N) is 1. The average Bonchev–Trinajstić information content (AvgIpc) is 2.27. The van der Waals surface area contributed by atoms with Gasteiger partial charge in [0.05, 0.1) is 5.56 Å². The van der Waals surface area contributed by atoms with Crippen molar-refractivity contribution in [2.24, 2.45) is 0 Å². The second-order valence-corrected chi connectivity index (χ2v) is 3.25. The molecule has 15 heavy (non-hydrogen) atoms. The van der Waals surface area contributed by atoms with Crippen molar-refractivity contribution in [2.75, 3.05) is 0 Å². The molecule has 1 aromatic carbocycles. The first-order valence-corrected chi connectivity index (χ1v) is 4.93. The van der Waals surface area contributed by atoms with Crippen LogP contribution in [0.4, 0.5) is 0 Å². The zero-order chi connectivity index (χ0) is 11.4. The van der Waals surface area contributed by atoms with Crippen LogP contribution in [0.15, 0.2) is 12.1 Å². The number of aromatic hydroxyl groups is 1. The van der Waals surface area contributed by atoms with Gasteiger partial charge >= 0.3 is 0 Å². The van der Waals surface area contributed by atoms with Gasteiger partial charge in [0, 0.05) is 0 Å². The molecule has 0 saturated carbocycles. The Morgan fingerprint density at radius 2 is 2.00 bits per heavy atom. The van der Waals surface area contributed by atoms with Gasteiger partial charge in [-0.25, -0.2) is 5.48 Å². The van der Waals surface area contributed by atoms with Crippen molar-refractivity contribution in [3.05, 3.63) is 28.8 Å². The largest absolute Gasteiger partial charge is 0.507 e. The summed E-state index contributed by atoms with van der Waals surface area (Å²) in [7, 11) is 0. The van der Waals surface area contributed by atoms with Crippen molar-refractivity contribution < 1.29 is 15.1 Å². The van der Waals surface area contributed by atoms with Crippen molar-refractivity contribution in [1.82, 2.24) is 5.48 Å². The zero-order valence-electron chi connectivity index (χ0n) is 8.87. The van der Waals surface area contributed by atoms with E-state index in [1.165, 1.54) is 11.5 Å². The number of hydrogen-bond acceptors (Lipinski definition) is 3. The van der Waals surface area contributed by atoms with Crippen LogP contribution in [-0.4, -0.2) is 16.2 Å². The van der Waals surface area contributed by atoms with Crippen LogP contribution in [0.25, 0.3) is 0 Å². The lowest BCUT2D eigenvalue weighted by Gasteiger charge is -2.11. The zero-order valence-corrected chi connectivity index (χ0v) is 8.87. The minimum Gasteiger partial charge on any atom is -0.507 e. The van der Waals surface area contributed by atoms with Crippen LogP contribution in [0.2, 0.25) is 0 Å². The van der Waals surface area contributed by atoms with Gasteiger partial charge in [-0.15, -0.1) is 0 Å². The number of hydrogen-bond donors (Lipinski definition) is 3. The molecule has 0 aliphatic rings. The van der Waals surface area contributed by atoms with Gasteiger partial charge in [-0.2, -0.15) is 0 Å². The van der Waals surface area contributed by atoms with Gasteiger partial charge in [0.2, 0.25) is 0 Å². The molecule has 3 N–H and O–H groups in total. The molecule has 0 bridgehead atoms. The summed E-state index contributed by atoms with van der Waals surface area (Å²) in [4.78, 5) is 11.2. The maximum Gasteiger partial charge on any atom is 0.278 e. The molecule has 1 amide bonds. The molecule has 0 fully saturated rings. The first-order valence-electron chi connectivity index (χ1n) is 4.93. The monoisotopic (exact) mass is 209 g/mol. The standard InChI is InChI=1S/C11H15NO3/c1-3-7-5-6-9(11(14)12-15)10(13)8(7)4-2/h5-6,13,15H,3-4H2,1-2H3,(H,12,14). The Hall–Kier alpha value is -1.55. The molecule has 0 aromatic heterocycles. The quantitative estimate of drug-likeness (QED) is 0.523. The number of amides is 1. The molecular weight excluding hydrogens is 194 g/mol. The smallest absolute Gasteiger partial charge is 0.278 e. The fourth-order valence-electron chi connectivity index (χ4n) is 1.65. The third-order valence-corrected chi connectivity index (χ3v) is 2.46. The molecule has 0 spiro atoms. The second kappa shape index (κ2) is 4.79. The molecule has 0 atom stereocenters. The van der Waals surface area contributed by atoms with Crippen LogP contribution in [0.5, 0.6) is 5.75 Å². The summed E-state index contributed by atoms with van der Waals surface area (Å²) in [5.74, 6) is -0.728. The minimum absolute atomic E-state index is 0.0385. The van der Waals surface area contributed by atoms with Crippen LogP contribution >= 0.6 is 0 Å². The highest BCUT2D eigenvalue weighted by Crippen LogP contribution is 2.27. The average molecular weight is 209 g/mol. The molecular formula is C11H15NO3. The summed E-state index contributed by atoms with van der Waals surface area (Å²) in [6.45, 7) is 3.90. The molecule has 0 aliphatic carbocycles. The number of phenolic OH excluding ortho intramolecular Hbond substituents is 1. The van der Waals surface area contributed by atoms with Gasteiger partial charge in [-0.3, -0.25) is 10.0 Å². The van der Waals surface area contributed by atoms with E-state index in [0.717, 1.165) is 17.5 Å². The van der Waals surface area contributed by atoms with E-state index in [4.69, 9.17) is 5.21 Å². The lowest BCUT2D eigenvalue weighted by molar-refractivity contribution is 0.0703. The van der Waals surface area contributed by atoms with E-state index in [2.05, 4.69) is 0 Å². The van der Waals surface area contributed by atoms with E-state index in [1.807, 2.05) is 13.8 Å². The van der Waals surface area contributed by atoms with Gasteiger partial charge in [-0.1, -0.05) is 19.9 Å². The van der Waals surface area contributed by atoms with E-state index in [0.29, 0.717) is 6.42 Å². The molecule has 0 aliphatic heterocycles. The Morgan fingerprint density at radius 1 is 1.33 bits per heavy atom. The number of aryl methyl sites for hydroxylation is 1. The topological polar surface area (TPSA) is 69.6 Å². The highest BCUT2D eigenvalue weighted by atomic mass is 16.5. The molecule has 1 aromatic rings. The number of carbonyl (C=O) groups is 1. The van der Waals surface area contributed by atoms with Crippen LogP contribution in [0.1, 0.15) is 35.3 Å². The highest BCUT2D eigenvalue weighted by Gasteiger charge is 2.15. The lowest BCUT2D eigenvalue weighted by Crippen LogP contribution is -2.19. The molecule has 1 rings (SSSR count). The molecule has 0 heterocycles. The molecule has 4 heteroatoms. The minimum atomic E-state index is -0.690. The number of phenols is 1. The fraction of sp³-hybridized carbons (Fsp3) is 0.364. The second-order valence-electron chi connectivity index (χ2n) is 3.25. The third kappa shape index (κ3) is 2.10. The summed E-state index contributed by atoms with van der Waals surface area (Å²) in [5.41, 5.74) is 3.40. The van der Waals surface area contributed by atoms with E-state index >= 15 is 0 Å². The van der Waals surface area contributed by atoms with E-state index in [-0.39, 0.29) is 11.3 Å². The SMILES string of the molecule is CCc1ccc(C(=O)NO)c(O)c1CC. The summed E-state index contributed by atoms with van der Waals surface area (Å²) >= 11 is 0. The molecule has 4 nitrogen and oxygen atoms in total. The first-order chi connectivity index (χ1) is 7.15. The fourth-order valence-corrected chi connectivity index (χ4v) is 1.65. The molecule has 0 saturated heterocycles. The number of rotatable bonds is 3. The van der Waals surface area contributed by atoms with E-state index in [1.54, 1.807) is 6.07 Å². The predicted molar refractivity (Wildman–Crippen MR) is 56.1 cm³/mol. The number of benzene rings is 1. The Morgan fingerprint density at radius 3 is 2.47 bits per heavy atom. The molecule has 82 valence electrons. The van der Waals surface area contributed by atoms with Crippen LogP contribution in [0, 0.1) is 0 Å².